The van der Waals surface area contributed by atoms with Crippen molar-refractivity contribution in [2.75, 3.05) is 0 Å². The lowest BCUT2D eigenvalue weighted by Gasteiger charge is -2.23. The normalized spacial score (nSPS) is 12.8. The van der Waals surface area contributed by atoms with Crippen LogP contribution >= 0.6 is 0 Å². The van der Waals surface area contributed by atoms with Gasteiger partial charge in [0, 0.05) is 54.8 Å². The second-order valence-corrected chi connectivity index (χ2v) is 18.7. The zero-order valence-corrected chi connectivity index (χ0v) is 38.9. The highest BCUT2D eigenvalue weighted by molar-refractivity contribution is 6.13. The van der Waals surface area contributed by atoms with Gasteiger partial charge in [-0.1, -0.05) is 196 Å². The van der Waals surface area contributed by atoms with Crippen molar-refractivity contribution in [1.82, 2.24) is 39.0 Å². The van der Waals surface area contributed by atoms with E-state index in [4.69, 9.17) is 29.9 Å². The molecule has 0 radical (unpaired) electrons. The minimum absolute atomic E-state index is 0.310. The molecule has 334 valence electrons. The van der Waals surface area contributed by atoms with E-state index in [0.717, 1.165) is 77.1 Å². The molecule has 0 unspecified atom stereocenters. The van der Waals surface area contributed by atoms with Crippen LogP contribution in [0.2, 0.25) is 0 Å². The Labute approximate surface area is 409 Å². The third-order valence-electron chi connectivity index (χ3n) is 14.2. The molecule has 0 bridgehead atoms. The Balaban J connectivity index is 1.09. The lowest BCUT2D eigenvalue weighted by molar-refractivity contribution is 0.663. The van der Waals surface area contributed by atoms with Gasteiger partial charge < -0.3 is 4.57 Å². The van der Waals surface area contributed by atoms with Gasteiger partial charge in [0.1, 0.15) is 0 Å². The summed E-state index contributed by atoms with van der Waals surface area (Å²) >= 11 is 0. The van der Waals surface area contributed by atoms with E-state index in [1.807, 2.05) is 78.9 Å². The van der Waals surface area contributed by atoms with E-state index in [2.05, 4.69) is 163 Å². The Morgan fingerprint density at radius 2 is 0.775 bits per heavy atom. The zero-order valence-electron chi connectivity index (χ0n) is 38.9. The van der Waals surface area contributed by atoms with Gasteiger partial charge in [-0.2, -0.15) is 9.97 Å². The summed E-state index contributed by atoms with van der Waals surface area (Å²) in [5.74, 6) is 3.29. The third kappa shape index (κ3) is 6.38. The van der Waals surface area contributed by atoms with Crippen LogP contribution in [-0.2, 0) is 5.41 Å². The molecule has 14 rings (SSSR count). The van der Waals surface area contributed by atoms with Gasteiger partial charge in [-0.15, -0.1) is 0 Å². The molecule has 0 atom stereocenters. The van der Waals surface area contributed by atoms with Gasteiger partial charge in [-0.25, -0.2) is 19.9 Å². The topological polar surface area (TPSA) is 87.2 Å². The molecule has 0 amide bonds. The number of aromatic nitrogens is 8. The summed E-state index contributed by atoms with van der Waals surface area (Å²) in [5, 5.41) is 4.58. The molecule has 0 saturated carbocycles. The molecule has 0 N–H and O–H groups in total. The largest absolute Gasteiger partial charge is 0.309 e. The van der Waals surface area contributed by atoms with Crippen LogP contribution in [0.3, 0.4) is 0 Å². The molecule has 9 aromatic carbocycles. The number of para-hydroxylation sites is 3. The van der Waals surface area contributed by atoms with Crippen molar-refractivity contribution < 1.29 is 0 Å². The number of benzene rings is 9. The average molecular weight is 911 g/mol. The van der Waals surface area contributed by atoms with E-state index in [9.17, 15) is 0 Å². The SMILES string of the molecule is CC1(C)c2ccccc2-c2ccc3c4ccccc4n(-c4nc(-c5ccccc5)nc(-c5cc(-c6nc(-c7ccccc7)nc(-c7ccccc7)n6)ccc5-n5c6ccccc6c6ccccc65)n4)c3c21. The zero-order chi connectivity index (χ0) is 47.2. The maximum Gasteiger partial charge on any atom is 0.238 e. The number of fused-ring (bicyclic) bond motifs is 10. The molecule has 0 fully saturated rings. The van der Waals surface area contributed by atoms with Gasteiger partial charge in [-0.3, -0.25) is 4.57 Å². The second kappa shape index (κ2) is 15.8. The van der Waals surface area contributed by atoms with Crippen molar-refractivity contribution in [3.8, 4) is 79.7 Å². The maximum atomic E-state index is 5.66. The molecule has 1 aliphatic carbocycles. The highest BCUT2D eigenvalue weighted by Gasteiger charge is 2.39. The second-order valence-electron chi connectivity index (χ2n) is 18.7. The summed E-state index contributed by atoms with van der Waals surface area (Å²) in [7, 11) is 0. The third-order valence-corrected chi connectivity index (χ3v) is 14.2. The van der Waals surface area contributed by atoms with E-state index < -0.39 is 0 Å². The van der Waals surface area contributed by atoms with E-state index >= 15 is 0 Å². The van der Waals surface area contributed by atoms with Gasteiger partial charge in [-0.05, 0) is 58.7 Å². The Bertz CT molecular complexity index is 4140. The minimum Gasteiger partial charge on any atom is -0.309 e. The fourth-order valence-corrected chi connectivity index (χ4v) is 11.0. The number of rotatable bonds is 7. The number of hydrogen-bond donors (Lipinski definition) is 0. The first-order valence-corrected chi connectivity index (χ1v) is 24.0. The van der Waals surface area contributed by atoms with E-state index in [-0.39, 0.29) is 5.41 Å². The Kier molecular flexibility index (Phi) is 9.06. The molecule has 8 nitrogen and oxygen atoms in total. The van der Waals surface area contributed by atoms with Gasteiger partial charge in [0.2, 0.25) is 5.95 Å². The molecule has 71 heavy (non-hydrogen) atoms. The van der Waals surface area contributed by atoms with Crippen LogP contribution in [0.5, 0.6) is 0 Å². The van der Waals surface area contributed by atoms with Crippen LogP contribution < -0.4 is 0 Å². The van der Waals surface area contributed by atoms with Crippen LogP contribution in [0, 0.1) is 0 Å². The fraction of sp³-hybridized carbons (Fsp3) is 0.0476. The Morgan fingerprint density at radius 3 is 1.37 bits per heavy atom. The number of hydrogen-bond acceptors (Lipinski definition) is 6. The standard InChI is InChI=1S/C63H42N8/c1-63(2)50-30-16-12-26-43(50)47-35-36-48-46-29-15-19-33-53(46)71(56(48)55(47)63)62-68-59(41-24-10-5-11-25-41)67-61(69-62)49-38-42(34-37-54(49)70-51-31-17-13-27-44(51)45-28-14-18-32-52(45)70)60-65-57(39-20-6-3-7-21-39)64-58(66-60)40-22-8-4-9-23-40/h3-38H,1-2H3. The average Bonchev–Trinajstić information content (AvgIpc) is 4.04. The number of nitrogens with zero attached hydrogens (tertiary/aromatic N) is 8. The minimum atomic E-state index is -0.310. The van der Waals surface area contributed by atoms with Crippen molar-refractivity contribution in [2.24, 2.45) is 0 Å². The molecule has 8 heteroatoms. The van der Waals surface area contributed by atoms with E-state index in [1.165, 1.54) is 22.3 Å². The summed E-state index contributed by atoms with van der Waals surface area (Å²) in [6.07, 6.45) is 0. The Morgan fingerprint density at radius 1 is 0.324 bits per heavy atom. The summed E-state index contributed by atoms with van der Waals surface area (Å²) in [6.45, 7) is 4.68. The van der Waals surface area contributed by atoms with E-state index in [0.29, 0.717) is 35.1 Å². The Hall–Kier alpha value is -9.40. The predicted molar refractivity (Wildman–Crippen MR) is 287 cm³/mol. The molecule has 0 aliphatic heterocycles. The van der Waals surface area contributed by atoms with Crippen LogP contribution in [-0.4, -0.2) is 39.0 Å². The van der Waals surface area contributed by atoms with Crippen molar-refractivity contribution in [3.63, 3.8) is 0 Å². The molecular formula is C63H42N8. The quantitative estimate of drug-likeness (QED) is 0.158. The van der Waals surface area contributed by atoms with Crippen molar-refractivity contribution in [1.29, 1.82) is 0 Å². The van der Waals surface area contributed by atoms with Gasteiger partial charge in [0.05, 0.1) is 27.8 Å². The molecular weight excluding hydrogens is 869 g/mol. The molecule has 4 heterocycles. The predicted octanol–water partition coefficient (Wildman–Crippen LogP) is 14.9. The first kappa shape index (κ1) is 40.6. The smallest absolute Gasteiger partial charge is 0.238 e. The summed E-state index contributed by atoms with van der Waals surface area (Å²) in [4.78, 5) is 32.0. The van der Waals surface area contributed by atoms with Crippen LogP contribution in [0.1, 0.15) is 25.0 Å². The first-order valence-electron chi connectivity index (χ1n) is 24.0. The van der Waals surface area contributed by atoms with Gasteiger partial charge in [0.15, 0.2) is 29.1 Å². The van der Waals surface area contributed by atoms with Crippen LogP contribution in [0.15, 0.2) is 218 Å². The molecule has 1 aliphatic rings. The van der Waals surface area contributed by atoms with Gasteiger partial charge >= 0.3 is 0 Å². The monoisotopic (exact) mass is 910 g/mol. The molecule has 0 saturated heterocycles. The molecule has 13 aromatic rings. The van der Waals surface area contributed by atoms with E-state index in [1.54, 1.807) is 0 Å². The summed E-state index contributed by atoms with van der Waals surface area (Å²) < 4.78 is 4.61. The summed E-state index contributed by atoms with van der Waals surface area (Å²) in [5.41, 5.74) is 14.1. The molecule has 4 aromatic heterocycles. The van der Waals surface area contributed by atoms with Crippen LogP contribution in [0.4, 0.5) is 0 Å². The van der Waals surface area contributed by atoms with Gasteiger partial charge in [0.25, 0.3) is 0 Å². The molecule has 0 spiro atoms. The van der Waals surface area contributed by atoms with Crippen molar-refractivity contribution in [2.45, 2.75) is 19.3 Å². The highest BCUT2D eigenvalue weighted by atomic mass is 15.2. The van der Waals surface area contributed by atoms with Crippen LogP contribution in [0.25, 0.3) is 123 Å². The summed E-state index contributed by atoms with van der Waals surface area (Å²) in [6, 6.07) is 76.0. The van der Waals surface area contributed by atoms with Crippen molar-refractivity contribution >= 4 is 43.6 Å². The maximum absolute atomic E-state index is 5.66. The lowest BCUT2D eigenvalue weighted by atomic mass is 9.81. The first-order chi connectivity index (χ1) is 35.0. The lowest BCUT2D eigenvalue weighted by Crippen LogP contribution is -2.17. The van der Waals surface area contributed by atoms with Crippen molar-refractivity contribution in [3.05, 3.63) is 230 Å². The highest BCUT2D eigenvalue weighted by Crippen LogP contribution is 2.53. The fourth-order valence-electron chi connectivity index (χ4n) is 11.0.